The molecule has 7 nitrogen and oxygen atoms in total. The number of benzene rings is 3. The molecule has 0 spiro atoms. The zero-order valence-corrected chi connectivity index (χ0v) is 21.6. The summed E-state index contributed by atoms with van der Waals surface area (Å²) in [7, 11) is -4.18. The Balaban J connectivity index is 1.94. The third-order valence-corrected chi connectivity index (χ3v) is 6.67. The molecule has 0 atom stereocenters. The summed E-state index contributed by atoms with van der Waals surface area (Å²) in [4.78, 5) is 12.7. The second kappa shape index (κ2) is 11.8. The highest BCUT2D eigenvalue weighted by atomic mass is 35.5. The molecular formula is C27H25ClN2O5S. The lowest BCUT2D eigenvalue weighted by Gasteiger charge is -2.14. The Bertz CT molecular complexity index is 1440. The van der Waals surface area contributed by atoms with E-state index in [9.17, 15) is 18.5 Å². The Morgan fingerprint density at radius 1 is 1.11 bits per heavy atom. The highest BCUT2D eigenvalue weighted by Gasteiger charge is 2.23. The van der Waals surface area contributed by atoms with Gasteiger partial charge in [0.05, 0.1) is 11.6 Å². The molecule has 0 fully saturated rings. The summed E-state index contributed by atoms with van der Waals surface area (Å²) in [5, 5.41) is 12.3. The Hall–Kier alpha value is -3.80. The van der Waals surface area contributed by atoms with Crippen LogP contribution in [0.5, 0.6) is 11.5 Å². The highest BCUT2D eigenvalue weighted by Crippen LogP contribution is 2.39. The van der Waals surface area contributed by atoms with Gasteiger partial charge in [-0.25, -0.2) is 0 Å². The van der Waals surface area contributed by atoms with Crippen LogP contribution in [0.25, 0.3) is 6.08 Å². The van der Waals surface area contributed by atoms with Gasteiger partial charge in [-0.2, -0.15) is 13.7 Å². The summed E-state index contributed by atoms with van der Waals surface area (Å²) >= 11 is 6.38. The maximum absolute atomic E-state index is 12.8. The maximum Gasteiger partial charge on any atom is 0.339 e. The number of nitriles is 1. The van der Waals surface area contributed by atoms with Crippen LogP contribution >= 0.6 is 11.6 Å². The molecule has 0 aromatic heterocycles. The van der Waals surface area contributed by atoms with E-state index in [2.05, 4.69) is 5.32 Å². The zero-order chi connectivity index (χ0) is 26.3. The number of anilines is 1. The van der Waals surface area contributed by atoms with E-state index in [1.54, 1.807) is 31.2 Å². The third kappa shape index (κ3) is 6.45. The van der Waals surface area contributed by atoms with Gasteiger partial charge in [0.1, 0.15) is 16.5 Å². The number of ether oxygens (including phenoxy) is 1. The second-order valence-electron chi connectivity index (χ2n) is 7.75. The minimum atomic E-state index is -4.18. The van der Waals surface area contributed by atoms with Gasteiger partial charge in [-0.15, -0.1) is 0 Å². The van der Waals surface area contributed by atoms with Crippen LogP contribution in [-0.2, 0) is 21.3 Å². The average molecular weight is 525 g/mol. The molecular weight excluding hydrogens is 500 g/mol. The van der Waals surface area contributed by atoms with Crippen molar-refractivity contribution in [1.29, 1.82) is 5.26 Å². The smallest absolute Gasteiger partial charge is 0.339 e. The fourth-order valence-electron chi connectivity index (χ4n) is 3.33. The van der Waals surface area contributed by atoms with E-state index in [4.69, 9.17) is 20.5 Å². The van der Waals surface area contributed by atoms with Crippen molar-refractivity contribution in [3.63, 3.8) is 0 Å². The Morgan fingerprint density at radius 3 is 2.44 bits per heavy atom. The number of rotatable bonds is 9. The summed E-state index contributed by atoms with van der Waals surface area (Å²) in [6.07, 6.45) is 2.05. The van der Waals surface area contributed by atoms with Crippen molar-refractivity contribution in [1.82, 2.24) is 0 Å². The van der Waals surface area contributed by atoms with Crippen molar-refractivity contribution in [2.45, 2.75) is 32.1 Å². The molecule has 3 rings (SSSR count). The van der Waals surface area contributed by atoms with Gasteiger partial charge in [0.2, 0.25) is 5.75 Å². The number of para-hydroxylation sites is 1. The molecule has 36 heavy (non-hydrogen) atoms. The van der Waals surface area contributed by atoms with Gasteiger partial charge in [0, 0.05) is 5.69 Å². The molecule has 1 N–H and O–H groups in total. The van der Waals surface area contributed by atoms with Gasteiger partial charge in [-0.05, 0) is 67.8 Å². The SMILES string of the molecule is CCOc1cc(/C=C(\C#N)C(=O)Nc2ccccc2CC)cc(Cl)c1OS(=O)(=O)c1ccc(C)cc1. The predicted octanol–water partition coefficient (Wildman–Crippen LogP) is 5.92. The van der Waals surface area contributed by atoms with Gasteiger partial charge < -0.3 is 14.2 Å². The van der Waals surface area contributed by atoms with E-state index in [-0.39, 0.29) is 33.6 Å². The first-order chi connectivity index (χ1) is 17.2. The molecule has 0 aliphatic heterocycles. The number of aryl methyl sites for hydroxylation is 2. The van der Waals surface area contributed by atoms with Crippen molar-refractivity contribution >= 4 is 39.4 Å². The summed E-state index contributed by atoms with van der Waals surface area (Å²) in [6, 6.07) is 18.2. The molecule has 0 saturated carbocycles. The number of nitrogens with zero attached hydrogens (tertiary/aromatic N) is 1. The zero-order valence-electron chi connectivity index (χ0n) is 20.0. The molecule has 186 valence electrons. The Kier molecular flexibility index (Phi) is 8.75. The van der Waals surface area contributed by atoms with Gasteiger partial charge in [0.25, 0.3) is 5.91 Å². The third-order valence-electron chi connectivity index (χ3n) is 5.16. The number of carbonyl (C=O) groups is 1. The van der Waals surface area contributed by atoms with Crippen molar-refractivity contribution in [2.75, 3.05) is 11.9 Å². The topological polar surface area (TPSA) is 105 Å². The Morgan fingerprint density at radius 2 is 1.81 bits per heavy atom. The first kappa shape index (κ1) is 26.8. The highest BCUT2D eigenvalue weighted by molar-refractivity contribution is 7.87. The monoisotopic (exact) mass is 524 g/mol. The fourth-order valence-corrected chi connectivity index (χ4v) is 4.59. The van der Waals surface area contributed by atoms with E-state index < -0.39 is 16.0 Å². The lowest BCUT2D eigenvalue weighted by atomic mass is 10.1. The first-order valence-corrected chi connectivity index (χ1v) is 13.0. The lowest BCUT2D eigenvalue weighted by molar-refractivity contribution is -0.112. The van der Waals surface area contributed by atoms with Crippen molar-refractivity contribution in [3.8, 4) is 17.6 Å². The van der Waals surface area contributed by atoms with Crippen LogP contribution in [-0.4, -0.2) is 20.9 Å². The molecule has 0 radical (unpaired) electrons. The first-order valence-electron chi connectivity index (χ1n) is 11.2. The normalized spacial score (nSPS) is 11.5. The molecule has 3 aromatic rings. The summed E-state index contributed by atoms with van der Waals surface area (Å²) in [5.74, 6) is -0.716. The molecule has 0 saturated heterocycles. The van der Waals surface area contributed by atoms with Crippen molar-refractivity contribution < 1.29 is 22.1 Å². The van der Waals surface area contributed by atoms with Gasteiger partial charge in [-0.1, -0.05) is 54.4 Å². The van der Waals surface area contributed by atoms with E-state index in [0.717, 1.165) is 11.1 Å². The van der Waals surface area contributed by atoms with Crippen molar-refractivity contribution in [3.05, 3.63) is 87.9 Å². The van der Waals surface area contributed by atoms with E-state index in [1.165, 1.54) is 30.3 Å². The number of halogens is 1. The number of nitrogens with one attached hydrogen (secondary N) is 1. The standard InChI is InChI=1S/C27H25ClN2O5S/c1-4-20-8-6-7-9-24(20)30-27(31)21(17-29)14-19-15-23(28)26(25(16-19)34-5-2)35-36(32,33)22-12-10-18(3)11-13-22/h6-16H,4-5H2,1-3H3,(H,30,31)/b21-14+. The number of amides is 1. The van der Waals surface area contributed by atoms with Gasteiger partial charge in [0.15, 0.2) is 5.75 Å². The average Bonchev–Trinajstić information content (AvgIpc) is 2.85. The largest absolute Gasteiger partial charge is 0.490 e. The quantitative estimate of drug-likeness (QED) is 0.211. The van der Waals surface area contributed by atoms with Gasteiger partial charge >= 0.3 is 10.1 Å². The second-order valence-corrected chi connectivity index (χ2v) is 9.70. The summed E-state index contributed by atoms with van der Waals surface area (Å²) < 4.78 is 36.5. The van der Waals surface area contributed by atoms with E-state index in [0.29, 0.717) is 17.7 Å². The number of hydrogen-bond donors (Lipinski definition) is 1. The van der Waals surface area contributed by atoms with E-state index >= 15 is 0 Å². The molecule has 0 aliphatic carbocycles. The number of hydrogen-bond acceptors (Lipinski definition) is 6. The van der Waals surface area contributed by atoms with Crippen molar-refractivity contribution in [2.24, 2.45) is 0 Å². The van der Waals surface area contributed by atoms with Crippen LogP contribution in [0.4, 0.5) is 5.69 Å². The number of carbonyl (C=O) groups excluding carboxylic acids is 1. The molecule has 9 heteroatoms. The molecule has 0 bridgehead atoms. The fraction of sp³-hybridized carbons (Fsp3) is 0.185. The summed E-state index contributed by atoms with van der Waals surface area (Å²) in [5.41, 5.74) is 2.64. The molecule has 1 amide bonds. The van der Waals surface area contributed by atoms with Crippen LogP contribution in [0.15, 0.2) is 71.1 Å². The molecule has 3 aromatic carbocycles. The van der Waals surface area contributed by atoms with Crippen LogP contribution in [0.1, 0.15) is 30.5 Å². The van der Waals surface area contributed by atoms with Gasteiger partial charge in [-0.3, -0.25) is 4.79 Å². The van der Waals surface area contributed by atoms with Crippen LogP contribution in [0, 0.1) is 18.3 Å². The van der Waals surface area contributed by atoms with Crippen LogP contribution in [0.3, 0.4) is 0 Å². The van der Waals surface area contributed by atoms with Crippen LogP contribution in [0.2, 0.25) is 5.02 Å². The van der Waals surface area contributed by atoms with E-state index in [1.807, 2.05) is 32.0 Å². The minimum absolute atomic E-state index is 0.0358. The molecule has 0 heterocycles. The summed E-state index contributed by atoms with van der Waals surface area (Å²) in [6.45, 7) is 5.72. The molecule has 0 unspecified atom stereocenters. The van der Waals surface area contributed by atoms with Crippen LogP contribution < -0.4 is 14.2 Å². The molecule has 0 aliphatic rings. The lowest BCUT2D eigenvalue weighted by Crippen LogP contribution is -2.14. The predicted molar refractivity (Wildman–Crippen MR) is 140 cm³/mol. The maximum atomic E-state index is 12.8. The Labute approximate surface area is 216 Å². The minimum Gasteiger partial charge on any atom is -0.490 e.